The van der Waals surface area contributed by atoms with Crippen molar-refractivity contribution in [2.45, 2.75) is 19.9 Å². The molecule has 1 aliphatic heterocycles. The van der Waals surface area contributed by atoms with Crippen LogP contribution in [-0.4, -0.2) is 95.7 Å². The molecule has 48 heavy (non-hydrogen) atoms. The highest BCUT2D eigenvalue weighted by molar-refractivity contribution is 7.71. The molecule has 14 heteroatoms. The van der Waals surface area contributed by atoms with Crippen LogP contribution < -0.4 is 31.3 Å². The molecule has 0 amide bonds. The third kappa shape index (κ3) is 6.83. The first-order chi connectivity index (χ1) is 23.0. The Hall–Kier alpha value is -5.00. The molecule has 0 aliphatic carbocycles. The number of aromatic amines is 1. The molecule has 250 valence electrons. The maximum Gasteiger partial charge on any atom is 0.231 e. The lowest BCUT2D eigenvalue weighted by atomic mass is 10.0. The summed E-state index contributed by atoms with van der Waals surface area (Å²) in [6.07, 6.45) is 8.46. The summed E-state index contributed by atoms with van der Waals surface area (Å²) in [7, 11) is 0.987. The summed E-state index contributed by atoms with van der Waals surface area (Å²) in [4.78, 5) is 31.1. The van der Waals surface area contributed by atoms with Crippen LogP contribution in [0.5, 0.6) is 5.75 Å². The Labute approximate surface area is 280 Å². The lowest BCUT2D eigenvalue weighted by Gasteiger charge is -2.35. The highest BCUT2D eigenvalue weighted by Gasteiger charge is 2.24. The second-order valence-electron chi connectivity index (χ2n) is 12.5. The molecule has 2 aromatic carbocycles. The number of aliphatic imine (C=N–C) groups is 1. The van der Waals surface area contributed by atoms with Gasteiger partial charge in [-0.2, -0.15) is 9.97 Å². The van der Waals surface area contributed by atoms with Crippen LogP contribution in [0, 0.1) is 0 Å². The van der Waals surface area contributed by atoms with E-state index in [2.05, 4.69) is 47.4 Å². The normalized spacial score (nSPS) is 14.8. The lowest BCUT2D eigenvalue weighted by Crippen LogP contribution is -2.44. The van der Waals surface area contributed by atoms with Crippen LogP contribution in [0.2, 0.25) is 0 Å². The maximum absolute atomic E-state index is 13.6. The van der Waals surface area contributed by atoms with Crippen molar-refractivity contribution < 1.29 is 9.30 Å². The van der Waals surface area contributed by atoms with Gasteiger partial charge in [-0.25, -0.2) is 0 Å². The number of benzene rings is 2. The summed E-state index contributed by atoms with van der Waals surface area (Å²) in [6, 6.07) is 9.78. The molecular weight excluding hydrogens is 625 g/mol. The Morgan fingerprint density at radius 2 is 1.83 bits per heavy atom. The molecule has 0 saturated carbocycles. The van der Waals surface area contributed by atoms with Gasteiger partial charge in [0.25, 0.3) is 0 Å². The van der Waals surface area contributed by atoms with Crippen molar-refractivity contribution in [1.82, 2.24) is 29.8 Å². The average Bonchev–Trinajstić information content (AvgIpc) is 3.54. The van der Waals surface area contributed by atoms with Crippen LogP contribution in [0.4, 0.5) is 28.8 Å². The van der Waals surface area contributed by atoms with Gasteiger partial charge in [-0.1, -0.05) is 0 Å². The summed E-state index contributed by atoms with van der Waals surface area (Å²) in [5.41, 5.74) is 12.1. The molecule has 1 fully saturated rings. The molecule has 3 aromatic heterocycles. The number of allylic oxidation sites excluding steroid dienone is 1. The zero-order chi connectivity index (χ0) is 34.0. The summed E-state index contributed by atoms with van der Waals surface area (Å²) < 4.78 is 19.5. The number of fused-ring (bicyclic) bond motifs is 2. The van der Waals surface area contributed by atoms with Crippen molar-refractivity contribution in [3.63, 3.8) is 0 Å². The number of nitrogens with zero attached hydrogens (tertiary/aromatic N) is 7. The first kappa shape index (κ1) is 32.9. The number of nitrogens with one attached hydrogen (secondary N) is 3. The van der Waals surface area contributed by atoms with Crippen molar-refractivity contribution in [2.75, 3.05) is 69.2 Å². The number of hydrogen-bond donors (Lipinski definition) is 4. The number of anilines is 5. The Balaban J connectivity index is 1.44. The molecular formula is C34H42N11O2P. The van der Waals surface area contributed by atoms with Crippen molar-refractivity contribution in [3.05, 3.63) is 60.7 Å². The number of aromatic nitrogens is 5. The van der Waals surface area contributed by atoms with Gasteiger partial charge in [0.05, 0.1) is 34.7 Å². The minimum atomic E-state index is -2.79. The number of likely N-dealkylation sites (N-methyl/N-ethyl adjacent to an activating group) is 1. The van der Waals surface area contributed by atoms with E-state index in [1.807, 2.05) is 56.6 Å². The Morgan fingerprint density at radius 1 is 1.06 bits per heavy atom. The fourth-order valence-electron chi connectivity index (χ4n) is 5.82. The molecule has 5 aromatic rings. The number of H-pyrrole nitrogens is 1. The van der Waals surface area contributed by atoms with Gasteiger partial charge >= 0.3 is 0 Å². The Morgan fingerprint density at radius 3 is 2.54 bits per heavy atom. The zero-order valence-corrected chi connectivity index (χ0v) is 29.0. The fourth-order valence-corrected chi connectivity index (χ4v) is 7.21. The first-order valence-corrected chi connectivity index (χ1v) is 18.4. The number of methoxy groups -OCH3 is 1. The zero-order valence-electron chi connectivity index (χ0n) is 28.2. The summed E-state index contributed by atoms with van der Waals surface area (Å²) in [5, 5.41) is 8.22. The average molecular weight is 668 g/mol. The predicted octanol–water partition coefficient (Wildman–Crippen LogP) is 5.18. The van der Waals surface area contributed by atoms with Gasteiger partial charge in [-0.05, 0) is 58.5 Å². The van der Waals surface area contributed by atoms with Gasteiger partial charge < -0.3 is 40.5 Å². The monoisotopic (exact) mass is 667 g/mol. The van der Waals surface area contributed by atoms with Gasteiger partial charge in [-0.3, -0.25) is 15.0 Å². The number of nitrogens with two attached hydrogens (primary N) is 1. The van der Waals surface area contributed by atoms with Crippen LogP contribution in [0.25, 0.3) is 27.6 Å². The van der Waals surface area contributed by atoms with Crippen molar-refractivity contribution >= 4 is 75.1 Å². The summed E-state index contributed by atoms with van der Waals surface area (Å²) in [5.74, 6) is 1.49. The molecule has 0 radical (unpaired) electrons. The van der Waals surface area contributed by atoms with Crippen molar-refractivity contribution in [2.24, 2.45) is 10.7 Å². The summed E-state index contributed by atoms with van der Waals surface area (Å²) in [6.45, 7) is 11.1. The van der Waals surface area contributed by atoms with E-state index in [0.29, 0.717) is 50.9 Å². The standard InChI is InChI=1S/C34H42N11O2P/c1-21(2)39-20-22(19-35)24-17-27(29(47-4)18-28(24)45-15-13-44(3)14-16-45)41-34-42-32-23(9-10-38-32)33(43-34)40-26-8-7-25-30(37-12-11-36-25)31(26)48(5,6)46/h7-12,17-21H,13-16,35H2,1-6H3,(H3,38,40,41,42,43). The molecule has 0 spiro atoms. The fraction of sp³-hybridized carbons (Fsp3) is 0.324. The van der Waals surface area contributed by atoms with Gasteiger partial charge in [0.15, 0.2) is 0 Å². The van der Waals surface area contributed by atoms with E-state index in [0.717, 1.165) is 48.4 Å². The van der Waals surface area contributed by atoms with E-state index in [9.17, 15) is 4.57 Å². The molecule has 0 atom stereocenters. The third-order valence-electron chi connectivity index (χ3n) is 8.23. The molecule has 6 rings (SSSR count). The van der Waals surface area contributed by atoms with Gasteiger partial charge in [0, 0.05) is 86.1 Å². The van der Waals surface area contributed by atoms with Gasteiger partial charge in [-0.15, -0.1) is 0 Å². The maximum atomic E-state index is 13.6. The molecule has 13 nitrogen and oxygen atoms in total. The van der Waals surface area contributed by atoms with Crippen molar-refractivity contribution in [1.29, 1.82) is 0 Å². The molecule has 5 N–H and O–H groups in total. The van der Waals surface area contributed by atoms with Crippen LogP contribution in [-0.2, 0) is 4.57 Å². The van der Waals surface area contributed by atoms with Gasteiger partial charge in [0.2, 0.25) is 5.95 Å². The first-order valence-electron chi connectivity index (χ1n) is 15.8. The van der Waals surface area contributed by atoms with E-state index in [-0.39, 0.29) is 6.04 Å². The minimum Gasteiger partial charge on any atom is -0.494 e. The van der Waals surface area contributed by atoms with E-state index in [4.69, 9.17) is 20.4 Å². The third-order valence-corrected chi connectivity index (χ3v) is 9.76. The lowest BCUT2D eigenvalue weighted by molar-refractivity contribution is 0.312. The number of ether oxygens (including phenoxy) is 1. The topological polar surface area (TPSA) is 163 Å². The Kier molecular flexibility index (Phi) is 9.34. The van der Waals surface area contributed by atoms with Crippen LogP contribution in [0.1, 0.15) is 19.4 Å². The van der Waals surface area contributed by atoms with E-state index >= 15 is 0 Å². The quantitative estimate of drug-likeness (QED) is 0.115. The highest BCUT2D eigenvalue weighted by Crippen LogP contribution is 2.42. The van der Waals surface area contributed by atoms with Crippen molar-refractivity contribution in [3.8, 4) is 5.75 Å². The summed E-state index contributed by atoms with van der Waals surface area (Å²) >= 11 is 0. The second-order valence-corrected chi connectivity index (χ2v) is 15.6. The van der Waals surface area contributed by atoms with Crippen LogP contribution in [0.15, 0.2) is 60.1 Å². The van der Waals surface area contributed by atoms with E-state index in [1.54, 1.807) is 39.0 Å². The van der Waals surface area contributed by atoms with E-state index < -0.39 is 7.14 Å². The Bertz CT molecular complexity index is 2060. The minimum absolute atomic E-state index is 0.110. The van der Waals surface area contributed by atoms with Crippen LogP contribution in [0.3, 0.4) is 0 Å². The number of hydrogen-bond acceptors (Lipinski definition) is 12. The predicted molar refractivity (Wildman–Crippen MR) is 198 cm³/mol. The number of piperazine rings is 1. The molecule has 0 unspecified atom stereocenters. The van der Waals surface area contributed by atoms with Gasteiger partial charge in [0.1, 0.15) is 29.9 Å². The smallest absolute Gasteiger partial charge is 0.231 e. The largest absolute Gasteiger partial charge is 0.494 e. The SMILES string of the molecule is COc1cc(N2CCN(C)CC2)c(C(C=NC(C)C)=CN)cc1Nc1nc(Nc2ccc3nccnc3c2P(C)(C)=O)c2cc[nH]c2n1. The highest BCUT2D eigenvalue weighted by atomic mass is 31.2. The second kappa shape index (κ2) is 13.6. The van der Waals surface area contributed by atoms with E-state index in [1.165, 1.54) is 0 Å². The molecule has 4 heterocycles. The number of rotatable bonds is 10. The molecule has 1 aliphatic rings. The molecule has 1 saturated heterocycles. The van der Waals surface area contributed by atoms with Crippen LogP contribution >= 0.6 is 7.14 Å². The molecule has 0 bridgehead atoms.